The van der Waals surface area contributed by atoms with Crippen molar-refractivity contribution in [1.29, 1.82) is 0 Å². The standard InChI is InChI=1S/C34H22Cl2N4O11S3.3Na/c1-3-39-18-6-5-7-23(52(41,42)43)26(18)14-10-16-21(12-19(14)39)50-33-29(36)31-34(28(35)30(33)37-16)51-22-13-20-15(11-17(22)38-31)27-24(53(44,45)46)8-9-25(54(47,48)49)32(27)40(20)4-2;;;/h5-13H,3-4H2,1-2H3,(H,41,42,43)(H,44,45,46)(H,47,48,49);;;/q;3*+1/p-3. The van der Waals surface area contributed by atoms with Crippen molar-refractivity contribution >= 4 is 109 Å². The van der Waals surface area contributed by atoms with Crippen molar-refractivity contribution in [3.05, 3.63) is 75.4 Å². The molecule has 0 bridgehead atoms. The van der Waals surface area contributed by atoms with E-state index in [1.54, 1.807) is 25.1 Å². The Bertz CT molecular complexity index is 3430. The van der Waals surface area contributed by atoms with Crippen LogP contribution in [0, 0.1) is 0 Å². The van der Waals surface area contributed by atoms with E-state index in [2.05, 4.69) is 4.99 Å². The third-order valence-corrected chi connectivity index (χ3v) is 12.8. The topological polar surface area (TPSA) is 225 Å². The number of aryl methyl sites for hydroxylation is 2. The van der Waals surface area contributed by atoms with Gasteiger partial charge in [0.15, 0.2) is 23.0 Å². The Morgan fingerprint density at radius 2 is 1.04 bits per heavy atom. The van der Waals surface area contributed by atoms with E-state index in [4.69, 9.17) is 37.7 Å². The van der Waals surface area contributed by atoms with Gasteiger partial charge >= 0.3 is 88.7 Å². The molecule has 57 heavy (non-hydrogen) atoms. The predicted molar refractivity (Wildman–Crippen MR) is 192 cm³/mol. The molecule has 9 rings (SSSR count). The zero-order chi connectivity index (χ0) is 38.4. The van der Waals surface area contributed by atoms with Crippen LogP contribution in [0.15, 0.2) is 79.3 Å². The Morgan fingerprint density at radius 3 is 1.51 bits per heavy atom. The number of benzene rings is 5. The van der Waals surface area contributed by atoms with Crippen LogP contribution >= 0.6 is 23.2 Å². The van der Waals surface area contributed by atoms with E-state index in [1.165, 1.54) is 28.8 Å². The first-order valence-corrected chi connectivity index (χ1v) is 20.8. The molecule has 5 aromatic carbocycles. The Hall–Kier alpha value is -1.79. The predicted octanol–water partition coefficient (Wildman–Crippen LogP) is -2.91. The summed E-state index contributed by atoms with van der Waals surface area (Å²) < 4.78 is 127. The molecule has 0 atom stereocenters. The van der Waals surface area contributed by atoms with Gasteiger partial charge in [-0.3, -0.25) is 0 Å². The number of fused-ring (bicyclic) bond motifs is 10. The summed E-state index contributed by atoms with van der Waals surface area (Å²) in [6.45, 7) is 3.97. The van der Waals surface area contributed by atoms with Gasteiger partial charge in [0.05, 0.1) is 36.8 Å². The fraction of sp³-hybridized carbons (Fsp3) is 0.118. The van der Waals surface area contributed by atoms with Gasteiger partial charge in [-0.2, -0.15) is 0 Å². The maximum atomic E-state index is 12.4. The van der Waals surface area contributed by atoms with E-state index in [0.29, 0.717) is 23.0 Å². The Morgan fingerprint density at radius 1 is 0.596 bits per heavy atom. The number of halogens is 2. The molecule has 2 aliphatic rings. The van der Waals surface area contributed by atoms with Crippen molar-refractivity contribution in [3.63, 3.8) is 0 Å². The van der Waals surface area contributed by atoms with E-state index < -0.39 is 40.1 Å². The number of nitrogens with zero attached hydrogens (tertiary/aromatic N) is 4. The van der Waals surface area contributed by atoms with Crippen molar-refractivity contribution in [2.24, 2.45) is 9.98 Å². The largest absolute Gasteiger partial charge is 1.00 e. The summed E-state index contributed by atoms with van der Waals surface area (Å²) in [6.07, 6.45) is 0. The Kier molecular flexibility index (Phi) is 12.0. The summed E-state index contributed by atoms with van der Waals surface area (Å²) in [5.74, 6) is 0.301. The zero-order valence-corrected chi connectivity index (χ0v) is 40.3. The SMILES string of the molecule is CCn1c2cc3c(cc2c2c(S(=O)(=O)[O-])cccc21)N=c1c(Cl)c2c(c(Cl)c1O3)=Nc1cc3c4c(S(=O)(=O)[O-])ccc(S(=O)(=O)[O-])c4n(CC)c3cc1O2.[Na+].[Na+].[Na+]. The van der Waals surface area contributed by atoms with Gasteiger partial charge in [-0.15, -0.1) is 0 Å². The molecule has 0 radical (unpaired) electrons. The third kappa shape index (κ3) is 6.82. The zero-order valence-electron chi connectivity index (χ0n) is 30.4. The molecule has 23 heteroatoms. The summed E-state index contributed by atoms with van der Waals surface area (Å²) >= 11 is 13.8. The molecule has 0 fully saturated rings. The van der Waals surface area contributed by atoms with Crippen LogP contribution in [-0.2, 0) is 43.4 Å². The maximum Gasteiger partial charge on any atom is 1.00 e. The number of hydrogen-bond acceptors (Lipinski definition) is 13. The molecule has 7 aromatic rings. The van der Waals surface area contributed by atoms with Crippen LogP contribution < -0.4 is 109 Å². The molecule has 0 saturated heterocycles. The second kappa shape index (κ2) is 15.3. The van der Waals surface area contributed by atoms with Gasteiger partial charge in [-0.1, -0.05) is 29.3 Å². The van der Waals surface area contributed by atoms with Crippen molar-refractivity contribution in [2.75, 3.05) is 0 Å². The number of aromatic nitrogens is 2. The Labute approximate surface area is 399 Å². The summed E-state index contributed by atoms with van der Waals surface area (Å²) in [4.78, 5) is 7.53. The molecular weight excluding hydrogens is 876 g/mol. The summed E-state index contributed by atoms with van der Waals surface area (Å²) in [5.41, 5.74) is 1.37. The maximum absolute atomic E-state index is 12.4. The molecule has 0 saturated carbocycles. The second-order valence-electron chi connectivity index (χ2n) is 12.4. The van der Waals surface area contributed by atoms with Crippen molar-refractivity contribution in [2.45, 2.75) is 41.6 Å². The van der Waals surface area contributed by atoms with Crippen LogP contribution in [0.3, 0.4) is 0 Å². The van der Waals surface area contributed by atoms with Gasteiger partial charge in [0.2, 0.25) is 0 Å². The monoisotopic (exact) mass is 894 g/mol. The number of rotatable bonds is 5. The Balaban J connectivity index is 0.00000183. The van der Waals surface area contributed by atoms with Crippen LogP contribution in [0.5, 0.6) is 23.0 Å². The van der Waals surface area contributed by atoms with Crippen LogP contribution in [0.4, 0.5) is 11.4 Å². The summed E-state index contributed by atoms with van der Waals surface area (Å²) in [7, 11) is -15.1. The number of ether oxygens (including phenoxy) is 2. The fourth-order valence-corrected chi connectivity index (χ4v) is 10.0. The molecule has 2 aliphatic heterocycles. The van der Waals surface area contributed by atoms with E-state index in [0.717, 1.165) is 12.1 Å². The van der Waals surface area contributed by atoms with Gasteiger partial charge in [-0.25, -0.2) is 35.2 Å². The first kappa shape index (κ1) is 44.8. The van der Waals surface area contributed by atoms with Crippen molar-refractivity contribution in [3.8, 4) is 23.0 Å². The molecule has 15 nitrogen and oxygen atoms in total. The van der Waals surface area contributed by atoms with Crippen LogP contribution in [0.25, 0.3) is 43.6 Å². The molecule has 2 aromatic heterocycles. The third-order valence-electron chi connectivity index (χ3n) is 9.52. The summed E-state index contributed by atoms with van der Waals surface area (Å²) in [6, 6.07) is 12.1. The van der Waals surface area contributed by atoms with Gasteiger partial charge in [0.25, 0.3) is 0 Å². The van der Waals surface area contributed by atoms with Crippen LogP contribution in [-0.4, -0.2) is 48.0 Å². The summed E-state index contributed by atoms with van der Waals surface area (Å²) in [5, 5.41) is 0.430. The van der Waals surface area contributed by atoms with Gasteiger partial charge in [0, 0.05) is 46.8 Å². The van der Waals surface area contributed by atoms with E-state index in [-0.39, 0.29) is 182 Å². The molecule has 0 unspecified atom stereocenters. The minimum absolute atomic E-state index is 0. The normalized spacial score (nSPS) is 13.2. The molecule has 0 spiro atoms. The quantitative estimate of drug-likeness (QED) is 0.126. The average Bonchev–Trinajstić information content (AvgIpc) is 3.59. The molecule has 276 valence electrons. The smallest absolute Gasteiger partial charge is 0.744 e. The van der Waals surface area contributed by atoms with Gasteiger partial charge in [0.1, 0.15) is 62.5 Å². The number of hydrogen-bond donors (Lipinski definition) is 0. The minimum Gasteiger partial charge on any atom is -0.744 e. The molecule has 0 amide bonds. The van der Waals surface area contributed by atoms with Gasteiger partial charge in [-0.05, 0) is 50.2 Å². The average molecular weight is 896 g/mol. The molecule has 0 N–H and O–H groups in total. The molecule has 0 aliphatic carbocycles. The second-order valence-corrected chi connectivity index (χ2v) is 17.2. The van der Waals surface area contributed by atoms with E-state index in [9.17, 15) is 38.9 Å². The fourth-order valence-electron chi connectivity index (χ4n) is 7.40. The molecule has 4 heterocycles. The van der Waals surface area contributed by atoms with Crippen LogP contribution in [0.2, 0.25) is 10.0 Å². The molecular formula is C34H19Cl2N4Na3O11S3. The van der Waals surface area contributed by atoms with E-state index in [1.807, 2.05) is 11.5 Å². The van der Waals surface area contributed by atoms with Crippen molar-refractivity contribution < 1.29 is 137 Å². The first-order chi connectivity index (χ1) is 25.4. The first-order valence-electron chi connectivity index (χ1n) is 15.9. The minimum atomic E-state index is -5.16. The van der Waals surface area contributed by atoms with E-state index >= 15 is 0 Å². The van der Waals surface area contributed by atoms with Crippen LogP contribution in [0.1, 0.15) is 13.8 Å². The van der Waals surface area contributed by atoms with Gasteiger partial charge < -0.3 is 32.3 Å². The van der Waals surface area contributed by atoms with Crippen molar-refractivity contribution in [1.82, 2.24) is 9.13 Å².